The first-order valence-corrected chi connectivity index (χ1v) is 4.14. The van der Waals surface area contributed by atoms with Gasteiger partial charge in [-0.1, -0.05) is 19.2 Å². The van der Waals surface area contributed by atoms with Crippen LogP contribution in [-0.4, -0.2) is 11.0 Å². The van der Waals surface area contributed by atoms with Crippen LogP contribution in [0.15, 0.2) is 37.7 Å². The molecule has 0 radical (unpaired) electrons. The Kier molecular flexibility index (Phi) is 3.61. The third kappa shape index (κ3) is 2.55. The molecule has 0 atom stereocenters. The summed E-state index contributed by atoms with van der Waals surface area (Å²) >= 11 is 0. The van der Waals surface area contributed by atoms with E-state index in [-0.39, 0.29) is 12.4 Å². The molecule has 0 aliphatic rings. The third-order valence-electron chi connectivity index (χ3n) is 1.67. The highest BCUT2D eigenvalue weighted by atomic mass is 16.5. The molecule has 3 heteroatoms. The zero-order valence-corrected chi connectivity index (χ0v) is 7.77. The Balaban J connectivity index is 2.79. The number of rotatable bonds is 4. The predicted molar refractivity (Wildman–Crippen MR) is 54.3 cm³/mol. The molecule has 0 unspecified atom stereocenters. The molecule has 0 saturated carbocycles. The summed E-state index contributed by atoms with van der Waals surface area (Å²) in [4.78, 5) is 15.2. The quantitative estimate of drug-likeness (QED) is 0.536. The lowest BCUT2D eigenvalue weighted by atomic mass is 10.1. The van der Waals surface area contributed by atoms with E-state index in [4.69, 9.17) is 0 Å². The molecule has 0 spiro atoms. The van der Waals surface area contributed by atoms with Crippen LogP contribution in [-0.2, 0) is 16.0 Å². The summed E-state index contributed by atoms with van der Waals surface area (Å²) in [5.74, 6) is -0.351. The van der Waals surface area contributed by atoms with Crippen LogP contribution >= 0.6 is 0 Å². The number of hydrogen-bond acceptors (Lipinski definition) is 3. The minimum Gasteiger partial charge on any atom is -0.435 e. The monoisotopic (exact) mass is 189 g/mol. The zero-order chi connectivity index (χ0) is 10.4. The number of esters is 1. The van der Waals surface area contributed by atoms with E-state index in [1.807, 2.05) is 6.07 Å². The summed E-state index contributed by atoms with van der Waals surface area (Å²) in [5.41, 5.74) is 1.50. The van der Waals surface area contributed by atoms with Crippen molar-refractivity contribution in [1.29, 1.82) is 0 Å². The van der Waals surface area contributed by atoms with Gasteiger partial charge in [-0.15, -0.1) is 0 Å². The number of nitrogens with zero attached hydrogens (tertiary/aromatic N) is 1. The van der Waals surface area contributed by atoms with E-state index in [1.165, 1.54) is 0 Å². The fourth-order valence-corrected chi connectivity index (χ4v) is 1.07. The molecule has 1 rings (SSSR count). The maximum Gasteiger partial charge on any atom is 0.315 e. The van der Waals surface area contributed by atoms with Gasteiger partial charge in [-0.25, -0.2) is 0 Å². The lowest BCUT2D eigenvalue weighted by molar-refractivity contribution is -0.137. The van der Waals surface area contributed by atoms with Gasteiger partial charge in [-0.2, -0.15) is 0 Å². The number of pyridine rings is 1. The molecule has 3 nitrogen and oxygen atoms in total. The topological polar surface area (TPSA) is 39.2 Å². The van der Waals surface area contributed by atoms with Crippen LogP contribution in [0.1, 0.15) is 11.3 Å². The molecule has 72 valence electrons. The first kappa shape index (κ1) is 10.2. The van der Waals surface area contributed by atoms with Crippen molar-refractivity contribution in [3.05, 3.63) is 49.0 Å². The largest absolute Gasteiger partial charge is 0.435 e. The minimum atomic E-state index is -0.351. The molecule has 1 aromatic rings. The summed E-state index contributed by atoms with van der Waals surface area (Å²) in [6.07, 6.45) is 4.56. The second-order valence-electron chi connectivity index (χ2n) is 2.59. The van der Waals surface area contributed by atoms with E-state index >= 15 is 0 Å². The highest BCUT2D eigenvalue weighted by Crippen LogP contribution is 2.08. The lowest BCUT2D eigenvalue weighted by Crippen LogP contribution is -2.05. The Morgan fingerprint density at radius 2 is 2.36 bits per heavy atom. The van der Waals surface area contributed by atoms with Gasteiger partial charge in [0.25, 0.3) is 0 Å². The second kappa shape index (κ2) is 4.97. The highest BCUT2D eigenvalue weighted by molar-refractivity contribution is 5.74. The van der Waals surface area contributed by atoms with E-state index in [9.17, 15) is 4.79 Å². The number of carbonyl (C=O) groups is 1. The van der Waals surface area contributed by atoms with Crippen LogP contribution in [0.5, 0.6) is 0 Å². The number of aromatic nitrogens is 1. The van der Waals surface area contributed by atoms with Crippen LogP contribution in [0.25, 0.3) is 6.08 Å². The number of ether oxygens (including phenoxy) is 1. The molecule has 14 heavy (non-hydrogen) atoms. The molecular formula is C11H11NO2. The van der Waals surface area contributed by atoms with Crippen molar-refractivity contribution in [3.63, 3.8) is 0 Å². The van der Waals surface area contributed by atoms with Crippen molar-refractivity contribution in [2.45, 2.75) is 6.42 Å². The van der Waals surface area contributed by atoms with Crippen LogP contribution in [0.4, 0.5) is 0 Å². The molecule has 0 bridgehead atoms. The average Bonchev–Trinajstić information content (AvgIpc) is 2.19. The number of hydrogen-bond donors (Lipinski definition) is 0. The number of carbonyl (C=O) groups excluding carboxylic acids is 1. The van der Waals surface area contributed by atoms with Gasteiger partial charge in [0.2, 0.25) is 0 Å². The first-order valence-electron chi connectivity index (χ1n) is 4.14. The van der Waals surface area contributed by atoms with E-state index < -0.39 is 0 Å². The Morgan fingerprint density at radius 3 is 3.00 bits per heavy atom. The molecule has 0 aliphatic heterocycles. The predicted octanol–water partition coefficient (Wildman–Crippen LogP) is 1.95. The van der Waals surface area contributed by atoms with E-state index in [2.05, 4.69) is 22.9 Å². The van der Waals surface area contributed by atoms with Gasteiger partial charge in [0.1, 0.15) is 0 Å². The smallest absolute Gasteiger partial charge is 0.315 e. The molecule has 0 aromatic carbocycles. The van der Waals surface area contributed by atoms with Crippen LogP contribution in [0.3, 0.4) is 0 Å². The van der Waals surface area contributed by atoms with Gasteiger partial charge in [0, 0.05) is 6.20 Å². The molecule has 0 aliphatic carbocycles. The Labute approximate surface area is 82.7 Å². The maximum absolute atomic E-state index is 11.1. The highest BCUT2D eigenvalue weighted by Gasteiger charge is 2.06. The van der Waals surface area contributed by atoms with Crippen molar-refractivity contribution in [3.8, 4) is 0 Å². The van der Waals surface area contributed by atoms with Gasteiger partial charge < -0.3 is 4.74 Å². The summed E-state index contributed by atoms with van der Waals surface area (Å²) in [6, 6.07) is 3.58. The Bertz CT molecular complexity index is 358. The summed E-state index contributed by atoms with van der Waals surface area (Å²) in [7, 11) is 0. The fraction of sp³-hybridized carbons (Fsp3) is 0.0909. The lowest BCUT2D eigenvalue weighted by Gasteiger charge is -2.02. The fourth-order valence-electron chi connectivity index (χ4n) is 1.07. The standard InChI is InChI=1S/C11H11NO2/c1-3-10-9(6-5-7-12-10)8-11(13)14-4-2/h3-7H,1-2,8H2. The van der Waals surface area contributed by atoms with Crippen molar-refractivity contribution in [2.24, 2.45) is 0 Å². The van der Waals surface area contributed by atoms with Gasteiger partial charge in [0.15, 0.2) is 0 Å². The average molecular weight is 189 g/mol. The second-order valence-corrected chi connectivity index (χ2v) is 2.59. The first-order chi connectivity index (χ1) is 6.77. The zero-order valence-electron chi connectivity index (χ0n) is 7.77. The summed E-state index contributed by atoms with van der Waals surface area (Å²) in [5, 5.41) is 0. The van der Waals surface area contributed by atoms with Crippen molar-refractivity contribution in [1.82, 2.24) is 4.98 Å². The van der Waals surface area contributed by atoms with Crippen LogP contribution in [0.2, 0.25) is 0 Å². The Hall–Kier alpha value is -1.90. The maximum atomic E-state index is 11.1. The van der Waals surface area contributed by atoms with Crippen LogP contribution < -0.4 is 0 Å². The third-order valence-corrected chi connectivity index (χ3v) is 1.67. The van der Waals surface area contributed by atoms with Gasteiger partial charge in [0.05, 0.1) is 18.4 Å². The van der Waals surface area contributed by atoms with Crippen LogP contribution in [0, 0.1) is 0 Å². The van der Waals surface area contributed by atoms with Gasteiger partial charge in [-0.3, -0.25) is 9.78 Å². The van der Waals surface area contributed by atoms with Crippen molar-refractivity contribution >= 4 is 12.0 Å². The molecule has 1 heterocycles. The molecule has 0 fully saturated rings. The van der Waals surface area contributed by atoms with Crippen molar-refractivity contribution in [2.75, 3.05) is 0 Å². The molecular weight excluding hydrogens is 178 g/mol. The van der Waals surface area contributed by atoms with E-state index in [0.29, 0.717) is 5.69 Å². The molecule has 0 saturated heterocycles. The summed E-state index contributed by atoms with van der Waals surface area (Å²) in [6.45, 7) is 6.92. The molecule has 0 amide bonds. The minimum absolute atomic E-state index is 0.182. The molecule has 0 N–H and O–H groups in total. The SMILES string of the molecule is C=COC(=O)Cc1cccnc1C=C. The Morgan fingerprint density at radius 1 is 1.57 bits per heavy atom. The van der Waals surface area contributed by atoms with E-state index in [0.717, 1.165) is 11.8 Å². The van der Waals surface area contributed by atoms with E-state index in [1.54, 1.807) is 18.3 Å². The normalized spacial score (nSPS) is 9.14. The molecule has 1 aromatic heterocycles. The van der Waals surface area contributed by atoms with Gasteiger partial charge in [-0.05, 0) is 17.7 Å². The van der Waals surface area contributed by atoms with Crippen molar-refractivity contribution < 1.29 is 9.53 Å². The van der Waals surface area contributed by atoms with Gasteiger partial charge >= 0.3 is 5.97 Å². The summed E-state index contributed by atoms with van der Waals surface area (Å²) < 4.78 is 4.61.